The van der Waals surface area contributed by atoms with E-state index in [0.717, 1.165) is 0 Å². The monoisotopic (exact) mass is 1280 g/mol. The fourth-order valence-electron chi connectivity index (χ4n) is 11.8. The van der Waals surface area contributed by atoms with E-state index in [4.69, 9.17) is 66.3 Å². The highest BCUT2D eigenvalue weighted by Crippen LogP contribution is 2.39. The lowest BCUT2D eigenvalue weighted by Gasteiger charge is -2.50. The summed E-state index contributed by atoms with van der Waals surface area (Å²) in [7, 11) is 0. The van der Waals surface area contributed by atoms with Crippen molar-refractivity contribution in [2.45, 2.75) is 227 Å². The normalized spacial score (nSPS) is 50.2. The summed E-state index contributed by atoms with van der Waals surface area (Å²) >= 11 is 0. The van der Waals surface area contributed by atoms with Crippen LogP contribution in [0.2, 0.25) is 0 Å². The van der Waals surface area contributed by atoms with Crippen molar-refractivity contribution in [3.8, 4) is 0 Å². The number of carboxylic acids is 1. The highest BCUT2D eigenvalue weighted by atomic mass is 16.8. The highest BCUT2D eigenvalue weighted by molar-refractivity contribution is 5.73. The minimum absolute atomic E-state index is 0.139. The quantitative estimate of drug-likeness (QED) is 0.0924. The number of benzene rings is 1. The predicted molar refractivity (Wildman–Crippen MR) is 271 cm³/mol. The van der Waals surface area contributed by atoms with Crippen LogP contribution in [0.15, 0.2) is 30.3 Å². The van der Waals surface area contributed by atoms with Gasteiger partial charge in [0.05, 0.1) is 39.6 Å². The first-order valence-corrected chi connectivity index (χ1v) is 28.3. The van der Waals surface area contributed by atoms with Crippen molar-refractivity contribution in [1.29, 1.82) is 0 Å². The standard InChI is InChI=1S/C51H79NO36/c53-8-17-38-25(61)32(68)47(77-17)85-40-19(10-55)79-49(34(70)27(40)63)87-42-21(12-57)81-51(36(72)29(42)65)88-43-22(13-58)80-50(35(71)28(43)64)86-41-20(11-56)78-48(33(69)26(41)62)84-39-18(9-54)76-46(31(67)24(39)60)82-37-16(75-45(83-38)30(66)23(37)59)7-52-15(44(73)74)6-14-4-2-1-3-5-14/h1-5,15-43,45-72H,6-13H2,(H,73,74)/t15-,16-,17+,18-,19+,20-,21+,22-,23+,24+,25-,26+,27+,28+,29+,30+,31+,32-,33+,34-,35+,36+,37+,38+,39+,40+,41+,42+,43+,45+,46+,47+,48+,49+,50+,51+/m0/s1. The van der Waals surface area contributed by atoms with Gasteiger partial charge in [0.15, 0.2) is 44.0 Å². The molecule has 14 bridgehead atoms. The van der Waals surface area contributed by atoms with Gasteiger partial charge in [0.2, 0.25) is 0 Å². The fourth-order valence-corrected chi connectivity index (χ4v) is 11.8. The van der Waals surface area contributed by atoms with E-state index in [9.17, 15) is 112 Å². The van der Waals surface area contributed by atoms with Crippen molar-refractivity contribution in [3.05, 3.63) is 35.9 Å². The van der Waals surface area contributed by atoms with E-state index in [2.05, 4.69) is 5.32 Å². The summed E-state index contributed by atoms with van der Waals surface area (Å²) in [6.45, 7) is -7.07. The summed E-state index contributed by atoms with van der Waals surface area (Å²) in [6.07, 6.45) is -71.8. The topological polar surface area (TPSA) is 583 Å². The zero-order valence-electron chi connectivity index (χ0n) is 46.3. The molecular weight excluding hydrogens is 1200 g/mol. The first-order valence-electron chi connectivity index (χ1n) is 28.3. The van der Waals surface area contributed by atoms with Crippen molar-refractivity contribution in [2.75, 3.05) is 46.2 Å². The number of ether oxygens (including phenoxy) is 14. The van der Waals surface area contributed by atoms with Gasteiger partial charge >= 0.3 is 5.97 Å². The van der Waals surface area contributed by atoms with E-state index in [-0.39, 0.29) is 6.42 Å². The molecule has 0 unspecified atom stereocenters. The first kappa shape index (κ1) is 69.6. The van der Waals surface area contributed by atoms with E-state index in [1.165, 1.54) is 0 Å². The summed E-state index contributed by atoms with van der Waals surface area (Å²) in [5, 5.41) is 237. The number of aliphatic hydroxyl groups excluding tert-OH is 20. The van der Waals surface area contributed by atoms with E-state index in [1.54, 1.807) is 30.3 Å². The second-order valence-electron chi connectivity index (χ2n) is 22.5. The molecule has 21 saturated heterocycles. The molecule has 0 aromatic heterocycles. The molecule has 37 heteroatoms. The summed E-state index contributed by atoms with van der Waals surface area (Å²) in [6, 6.07) is 6.86. The molecule has 21 fully saturated rings. The molecule has 0 aliphatic carbocycles. The summed E-state index contributed by atoms with van der Waals surface area (Å²) in [5.74, 6) is -1.38. The SMILES string of the molecule is O=C(O)[C@H](Cc1ccccc1)NC[C@@H]1O[C@@H]2O[C@H]3[C@@H](O)[C@H](O)[C@@H](O[C@H]4[C@H](O)[C@H](O)[C@@H](O[C@H]5[C@H](O)[C@@H](O)[C@@H](O[C@H]6[C@H](O)[C@@H](O)[C@@H](O[C@H]7[C@H](O)[C@@H](O)[C@@H](O[C@H]8[C@H](O)[C@@H](O)[C@@H](O[C@H]1[C@H](O)[C@H]2O)O[C@H]8CO)O[C@H]7CO)O[C@H]6CO)O[C@@H]5CO)O[C@@H]4CO)O[C@@H]3CO. The smallest absolute Gasteiger partial charge is 0.321 e. The molecule has 1 aromatic carbocycles. The molecule has 0 spiro atoms. The number of carboxylic acid groups (broad SMARTS) is 1. The van der Waals surface area contributed by atoms with Crippen LogP contribution in [0, 0.1) is 0 Å². The van der Waals surface area contributed by atoms with Crippen molar-refractivity contribution >= 4 is 5.97 Å². The van der Waals surface area contributed by atoms with Crippen LogP contribution in [0.4, 0.5) is 0 Å². The lowest BCUT2D eigenvalue weighted by Crippen LogP contribution is -2.68. The summed E-state index contributed by atoms with van der Waals surface area (Å²) in [5.41, 5.74) is 0.550. The molecule has 37 nitrogen and oxygen atoms in total. The van der Waals surface area contributed by atoms with Gasteiger partial charge in [-0.2, -0.15) is 0 Å². The van der Waals surface area contributed by atoms with E-state index in [1.807, 2.05) is 0 Å². The molecule has 0 radical (unpaired) electrons. The molecule has 21 heterocycles. The zero-order valence-corrected chi connectivity index (χ0v) is 46.3. The maximum atomic E-state index is 12.6. The number of nitrogens with one attached hydrogen (secondary N) is 1. The van der Waals surface area contributed by atoms with Gasteiger partial charge in [-0.3, -0.25) is 4.79 Å². The molecule has 21 aliphatic heterocycles. The highest BCUT2D eigenvalue weighted by Gasteiger charge is 2.59. The molecule has 0 amide bonds. The van der Waals surface area contributed by atoms with Crippen LogP contribution in [0.25, 0.3) is 0 Å². The molecule has 0 saturated carbocycles. The Morgan fingerprint density at radius 3 is 0.727 bits per heavy atom. The number of carbonyl (C=O) groups is 1. The Morgan fingerprint density at radius 2 is 0.523 bits per heavy atom. The fraction of sp³-hybridized carbons (Fsp3) is 0.863. The van der Waals surface area contributed by atoms with E-state index in [0.29, 0.717) is 5.56 Å². The van der Waals surface area contributed by atoms with Crippen LogP contribution in [-0.4, -0.2) is 380 Å². The Bertz CT molecular complexity index is 2310. The average molecular weight is 1280 g/mol. The van der Waals surface area contributed by atoms with Gasteiger partial charge in [0.1, 0.15) is 177 Å². The molecule has 36 atom stereocenters. The molecule has 22 N–H and O–H groups in total. The second kappa shape index (κ2) is 30.1. The third kappa shape index (κ3) is 14.3. The van der Waals surface area contributed by atoms with Crippen molar-refractivity contribution in [2.24, 2.45) is 0 Å². The maximum Gasteiger partial charge on any atom is 0.321 e. The van der Waals surface area contributed by atoms with Gasteiger partial charge < -0.3 is 179 Å². The van der Waals surface area contributed by atoms with Gasteiger partial charge in [-0.25, -0.2) is 0 Å². The van der Waals surface area contributed by atoms with Crippen molar-refractivity contribution < 1.29 is 178 Å². The van der Waals surface area contributed by atoms with Gasteiger partial charge in [-0.1, -0.05) is 30.3 Å². The van der Waals surface area contributed by atoms with Gasteiger partial charge in [0.25, 0.3) is 0 Å². The van der Waals surface area contributed by atoms with Crippen LogP contribution < -0.4 is 5.32 Å². The number of aliphatic carboxylic acids is 1. The number of aliphatic hydroxyl groups is 20. The molecule has 504 valence electrons. The Morgan fingerprint density at radius 1 is 0.318 bits per heavy atom. The third-order valence-electron chi connectivity index (χ3n) is 16.7. The van der Waals surface area contributed by atoms with Crippen molar-refractivity contribution in [3.63, 3.8) is 0 Å². The Labute approximate surface area is 498 Å². The number of hydrogen-bond donors (Lipinski definition) is 22. The van der Waals surface area contributed by atoms with Gasteiger partial charge in [-0.05, 0) is 12.0 Å². The number of hydrogen-bond acceptors (Lipinski definition) is 36. The second-order valence-corrected chi connectivity index (χ2v) is 22.5. The van der Waals surface area contributed by atoms with Crippen molar-refractivity contribution in [1.82, 2.24) is 5.32 Å². The third-order valence-corrected chi connectivity index (χ3v) is 16.7. The first-order chi connectivity index (χ1) is 42.0. The van der Waals surface area contributed by atoms with E-state index >= 15 is 0 Å². The van der Waals surface area contributed by atoms with Crippen LogP contribution in [0.3, 0.4) is 0 Å². The minimum atomic E-state index is -2.28. The lowest BCUT2D eigenvalue weighted by molar-refractivity contribution is -0.396. The van der Waals surface area contributed by atoms with Gasteiger partial charge in [0, 0.05) is 6.54 Å². The Kier molecular flexibility index (Phi) is 23.8. The van der Waals surface area contributed by atoms with Crippen LogP contribution in [0.1, 0.15) is 5.56 Å². The summed E-state index contributed by atoms with van der Waals surface area (Å²) < 4.78 is 81.1. The summed E-state index contributed by atoms with van der Waals surface area (Å²) in [4.78, 5) is 12.6. The molecule has 88 heavy (non-hydrogen) atoms. The molecular formula is C51H79NO36. The molecule has 22 rings (SSSR count). The Hall–Kier alpha value is -2.71. The number of rotatable bonds is 12. The van der Waals surface area contributed by atoms with Crippen LogP contribution >= 0.6 is 0 Å². The van der Waals surface area contributed by atoms with Gasteiger partial charge in [-0.15, -0.1) is 0 Å². The van der Waals surface area contributed by atoms with E-state index < -0.39 is 273 Å². The average Bonchev–Trinajstić information content (AvgIpc) is 0.981. The largest absolute Gasteiger partial charge is 0.480 e. The minimum Gasteiger partial charge on any atom is -0.480 e. The lowest BCUT2D eigenvalue weighted by atomic mass is 9.95. The maximum absolute atomic E-state index is 12.6. The Balaban J connectivity index is 1.02. The predicted octanol–water partition coefficient (Wildman–Crippen LogP) is -13.9. The van der Waals surface area contributed by atoms with Crippen LogP contribution in [0.5, 0.6) is 0 Å². The van der Waals surface area contributed by atoms with Crippen LogP contribution in [-0.2, 0) is 77.5 Å². The molecule has 1 aromatic rings. The molecule has 21 aliphatic rings. The zero-order chi connectivity index (χ0) is 63.7.